The zero-order valence-electron chi connectivity index (χ0n) is 22.5. The number of carbonyl (C=O) groups is 2. The van der Waals surface area contributed by atoms with Crippen LogP contribution in [0.25, 0.3) is 0 Å². The number of methoxy groups -OCH3 is 1. The molecule has 1 unspecified atom stereocenters. The normalized spacial score (nSPS) is 11.9. The average Bonchev–Trinajstić information content (AvgIpc) is 3.32. The number of halogens is 1. The fourth-order valence-electron chi connectivity index (χ4n) is 4.32. The minimum atomic E-state index is -0.131. The Balaban J connectivity index is 1.80. The summed E-state index contributed by atoms with van der Waals surface area (Å²) < 4.78 is 8.37. The van der Waals surface area contributed by atoms with Gasteiger partial charge in [-0.1, -0.05) is 54.9 Å². The number of aromatic nitrogens is 1. The predicted octanol–water partition coefficient (Wildman–Crippen LogP) is 6.23. The lowest BCUT2D eigenvalue weighted by molar-refractivity contribution is -0.134. The molecule has 2 aromatic carbocycles. The lowest BCUT2D eigenvalue weighted by Crippen LogP contribution is -2.47. The van der Waals surface area contributed by atoms with E-state index in [1.54, 1.807) is 24.1 Å². The van der Waals surface area contributed by atoms with Gasteiger partial charge in [0, 0.05) is 41.1 Å². The number of hydrogen-bond donors (Lipinski definition) is 0. The van der Waals surface area contributed by atoms with Gasteiger partial charge >= 0.3 is 0 Å². The summed E-state index contributed by atoms with van der Waals surface area (Å²) in [4.78, 5) is 30.7. The van der Waals surface area contributed by atoms with Crippen molar-refractivity contribution in [3.8, 4) is 5.75 Å². The highest BCUT2D eigenvalue weighted by Gasteiger charge is 2.26. The van der Waals surface area contributed by atoms with Crippen LogP contribution in [-0.2, 0) is 17.9 Å². The standard InChI is InChI=1S/C30H38BrN3O3/c1-6-23(4)34(20-27-13-9-15-32(27)19-24-10-7-14-28(16-24)37-5)29(35)21-33(18-22(2)3)30(36)25-11-8-12-26(31)17-25/h7-17,22-23H,6,18-21H2,1-5H3. The number of amides is 2. The monoisotopic (exact) mass is 567 g/mol. The molecule has 198 valence electrons. The summed E-state index contributed by atoms with van der Waals surface area (Å²) in [5.74, 6) is 0.880. The SMILES string of the molecule is CCC(C)N(Cc1cccn1Cc1cccc(OC)c1)C(=O)CN(CC(C)C)C(=O)c1cccc(Br)c1. The number of nitrogens with zero attached hydrogens (tertiary/aromatic N) is 3. The van der Waals surface area contributed by atoms with Gasteiger partial charge in [-0.2, -0.15) is 0 Å². The van der Waals surface area contributed by atoms with Gasteiger partial charge in [-0.15, -0.1) is 0 Å². The van der Waals surface area contributed by atoms with Crippen molar-refractivity contribution in [1.82, 2.24) is 14.4 Å². The van der Waals surface area contributed by atoms with Crippen molar-refractivity contribution in [2.24, 2.45) is 5.92 Å². The molecule has 2 amide bonds. The van der Waals surface area contributed by atoms with E-state index in [0.717, 1.165) is 27.9 Å². The number of rotatable bonds is 12. The Morgan fingerprint density at radius 1 is 1.03 bits per heavy atom. The van der Waals surface area contributed by atoms with Crippen LogP contribution in [0.4, 0.5) is 0 Å². The van der Waals surface area contributed by atoms with Crippen LogP contribution in [0, 0.1) is 5.92 Å². The summed E-state index contributed by atoms with van der Waals surface area (Å²) in [7, 11) is 1.67. The van der Waals surface area contributed by atoms with Crippen LogP contribution in [0.3, 0.4) is 0 Å². The van der Waals surface area contributed by atoms with Crippen LogP contribution in [0.15, 0.2) is 71.3 Å². The summed E-state index contributed by atoms with van der Waals surface area (Å²) in [5.41, 5.74) is 2.75. The number of carbonyl (C=O) groups excluding carboxylic acids is 2. The molecular weight excluding hydrogens is 530 g/mol. The first-order valence-corrected chi connectivity index (χ1v) is 13.6. The van der Waals surface area contributed by atoms with E-state index in [1.807, 2.05) is 47.5 Å². The molecule has 0 N–H and O–H groups in total. The van der Waals surface area contributed by atoms with E-state index in [2.05, 4.69) is 60.3 Å². The Hall–Kier alpha value is -3.06. The summed E-state index contributed by atoms with van der Waals surface area (Å²) in [6, 6.07) is 19.4. The van der Waals surface area contributed by atoms with Crippen LogP contribution in [0.2, 0.25) is 0 Å². The minimum absolute atomic E-state index is 0.0366. The van der Waals surface area contributed by atoms with Crippen LogP contribution in [0.5, 0.6) is 5.75 Å². The second kappa shape index (κ2) is 13.5. The van der Waals surface area contributed by atoms with Crippen LogP contribution in [0.1, 0.15) is 55.7 Å². The van der Waals surface area contributed by atoms with Crippen molar-refractivity contribution in [1.29, 1.82) is 0 Å². The Bertz CT molecular complexity index is 1190. The van der Waals surface area contributed by atoms with Crippen LogP contribution >= 0.6 is 15.9 Å². The molecule has 1 heterocycles. The molecule has 0 spiro atoms. The van der Waals surface area contributed by atoms with Gasteiger partial charge in [-0.25, -0.2) is 0 Å². The molecule has 3 rings (SSSR count). The molecule has 0 fully saturated rings. The molecule has 0 radical (unpaired) electrons. The van der Waals surface area contributed by atoms with Gasteiger partial charge in [-0.05, 0) is 67.3 Å². The van der Waals surface area contributed by atoms with E-state index >= 15 is 0 Å². The largest absolute Gasteiger partial charge is 0.497 e. The number of benzene rings is 2. The van der Waals surface area contributed by atoms with Crippen molar-refractivity contribution in [2.45, 2.75) is 53.2 Å². The van der Waals surface area contributed by atoms with Crippen LogP contribution in [-0.4, -0.2) is 52.4 Å². The first-order chi connectivity index (χ1) is 17.7. The highest BCUT2D eigenvalue weighted by Crippen LogP contribution is 2.19. The third kappa shape index (κ3) is 7.96. The fourth-order valence-corrected chi connectivity index (χ4v) is 4.72. The maximum Gasteiger partial charge on any atom is 0.254 e. The van der Waals surface area contributed by atoms with Gasteiger partial charge in [0.2, 0.25) is 5.91 Å². The summed E-state index contributed by atoms with van der Waals surface area (Å²) in [5, 5.41) is 0. The van der Waals surface area contributed by atoms with Gasteiger partial charge < -0.3 is 19.1 Å². The molecule has 0 saturated heterocycles. The smallest absolute Gasteiger partial charge is 0.254 e. The second-order valence-electron chi connectivity index (χ2n) is 9.85. The van der Waals surface area contributed by atoms with E-state index in [4.69, 9.17) is 4.74 Å². The summed E-state index contributed by atoms with van der Waals surface area (Å²) in [6.45, 7) is 9.98. The second-order valence-corrected chi connectivity index (χ2v) is 10.8. The Kier molecular flexibility index (Phi) is 10.4. The van der Waals surface area contributed by atoms with Crippen molar-refractivity contribution in [2.75, 3.05) is 20.2 Å². The predicted molar refractivity (Wildman–Crippen MR) is 152 cm³/mol. The van der Waals surface area contributed by atoms with Crippen molar-refractivity contribution >= 4 is 27.7 Å². The lowest BCUT2D eigenvalue weighted by Gasteiger charge is -2.32. The van der Waals surface area contributed by atoms with Crippen molar-refractivity contribution in [3.63, 3.8) is 0 Å². The molecular formula is C30H38BrN3O3. The molecule has 0 bridgehead atoms. The average molecular weight is 569 g/mol. The Morgan fingerprint density at radius 2 is 1.78 bits per heavy atom. The molecule has 7 heteroatoms. The molecule has 6 nitrogen and oxygen atoms in total. The van der Waals surface area contributed by atoms with E-state index in [1.165, 1.54) is 0 Å². The Morgan fingerprint density at radius 3 is 2.46 bits per heavy atom. The molecule has 0 aliphatic rings. The summed E-state index contributed by atoms with van der Waals surface area (Å²) >= 11 is 3.45. The minimum Gasteiger partial charge on any atom is -0.497 e. The van der Waals surface area contributed by atoms with Crippen molar-refractivity contribution in [3.05, 3.63) is 88.2 Å². The summed E-state index contributed by atoms with van der Waals surface area (Å²) in [6.07, 6.45) is 2.86. The van der Waals surface area contributed by atoms with Crippen molar-refractivity contribution < 1.29 is 14.3 Å². The molecule has 0 aliphatic carbocycles. The highest BCUT2D eigenvalue weighted by molar-refractivity contribution is 9.10. The molecule has 37 heavy (non-hydrogen) atoms. The lowest BCUT2D eigenvalue weighted by atomic mass is 10.1. The topological polar surface area (TPSA) is 54.8 Å². The van der Waals surface area contributed by atoms with E-state index in [9.17, 15) is 9.59 Å². The number of hydrogen-bond acceptors (Lipinski definition) is 3. The fraction of sp³-hybridized carbons (Fsp3) is 0.400. The first kappa shape index (κ1) is 28.5. The van der Waals surface area contributed by atoms with E-state index in [0.29, 0.717) is 25.2 Å². The maximum absolute atomic E-state index is 13.7. The zero-order chi connectivity index (χ0) is 26.9. The first-order valence-electron chi connectivity index (χ1n) is 12.8. The van der Waals surface area contributed by atoms with Gasteiger partial charge in [0.05, 0.1) is 13.7 Å². The molecule has 3 aromatic rings. The molecule has 1 atom stereocenters. The van der Waals surface area contributed by atoms with Gasteiger partial charge in [0.15, 0.2) is 0 Å². The third-order valence-corrected chi connectivity index (χ3v) is 6.95. The van der Waals surface area contributed by atoms with E-state index in [-0.39, 0.29) is 30.3 Å². The van der Waals surface area contributed by atoms with Gasteiger partial charge in [0.25, 0.3) is 5.91 Å². The Labute approximate surface area is 229 Å². The third-order valence-electron chi connectivity index (χ3n) is 6.46. The van der Waals surface area contributed by atoms with E-state index < -0.39 is 0 Å². The highest BCUT2D eigenvalue weighted by atomic mass is 79.9. The molecule has 0 saturated carbocycles. The maximum atomic E-state index is 13.7. The molecule has 0 aliphatic heterocycles. The number of ether oxygens (including phenoxy) is 1. The quantitative estimate of drug-likeness (QED) is 0.260. The zero-order valence-corrected chi connectivity index (χ0v) is 24.1. The van der Waals surface area contributed by atoms with Crippen LogP contribution < -0.4 is 4.74 Å². The van der Waals surface area contributed by atoms with Gasteiger partial charge in [-0.3, -0.25) is 9.59 Å². The van der Waals surface area contributed by atoms with Gasteiger partial charge in [0.1, 0.15) is 12.3 Å². The molecule has 1 aromatic heterocycles.